The predicted octanol–water partition coefficient (Wildman–Crippen LogP) is 4.44. The first kappa shape index (κ1) is 12.2. The molecule has 2 heteroatoms. The van der Waals surface area contributed by atoms with Crippen LogP contribution < -0.4 is 0 Å². The van der Waals surface area contributed by atoms with Gasteiger partial charge in [0.05, 0.1) is 0 Å². The highest BCUT2D eigenvalue weighted by atomic mass is 19.3. The molecule has 0 saturated carbocycles. The van der Waals surface area contributed by atoms with Gasteiger partial charge < -0.3 is 0 Å². The Bertz CT molecular complexity index is 359. The van der Waals surface area contributed by atoms with Crippen LogP contribution in [-0.4, -0.2) is 0 Å². The zero-order valence-corrected chi connectivity index (χ0v) is 9.99. The molecule has 0 aliphatic rings. The molecular formula is C13H18F2. The SMILES string of the molecule is Cc1cccc(C(F)(F)C(C)(C)C)c1C. The van der Waals surface area contributed by atoms with Crippen LogP contribution in [0.15, 0.2) is 18.2 Å². The molecule has 1 aromatic rings. The molecule has 0 fully saturated rings. The molecule has 0 nitrogen and oxygen atoms in total. The van der Waals surface area contributed by atoms with Crippen LogP contribution in [0.3, 0.4) is 0 Å². The minimum Gasteiger partial charge on any atom is -0.201 e. The second-order valence-corrected chi connectivity index (χ2v) is 5.07. The highest BCUT2D eigenvalue weighted by Crippen LogP contribution is 2.45. The summed E-state index contributed by atoms with van der Waals surface area (Å²) in [6, 6.07) is 5.07. The lowest BCUT2D eigenvalue weighted by Gasteiger charge is -2.32. The van der Waals surface area contributed by atoms with E-state index in [0.717, 1.165) is 5.56 Å². The van der Waals surface area contributed by atoms with Crippen molar-refractivity contribution in [2.45, 2.75) is 40.5 Å². The molecule has 0 saturated heterocycles. The Kier molecular flexibility index (Phi) is 2.90. The van der Waals surface area contributed by atoms with Crippen LogP contribution in [0.1, 0.15) is 37.5 Å². The summed E-state index contributed by atoms with van der Waals surface area (Å²) in [5.74, 6) is -2.79. The lowest BCUT2D eigenvalue weighted by Crippen LogP contribution is -2.32. The summed E-state index contributed by atoms with van der Waals surface area (Å²) in [6.45, 7) is 8.31. The molecule has 1 rings (SSSR count). The van der Waals surface area contributed by atoms with Crippen LogP contribution in [0.25, 0.3) is 0 Å². The van der Waals surface area contributed by atoms with Crippen molar-refractivity contribution in [3.63, 3.8) is 0 Å². The minimum atomic E-state index is -2.79. The van der Waals surface area contributed by atoms with Crippen molar-refractivity contribution in [3.8, 4) is 0 Å². The summed E-state index contributed by atoms with van der Waals surface area (Å²) < 4.78 is 28.2. The third-order valence-corrected chi connectivity index (χ3v) is 2.88. The van der Waals surface area contributed by atoms with E-state index in [0.29, 0.717) is 5.56 Å². The van der Waals surface area contributed by atoms with Gasteiger partial charge in [-0.2, -0.15) is 0 Å². The third kappa shape index (κ3) is 2.04. The molecule has 0 bridgehead atoms. The van der Waals surface area contributed by atoms with Gasteiger partial charge in [-0.1, -0.05) is 39.0 Å². The van der Waals surface area contributed by atoms with Gasteiger partial charge in [-0.15, -0.1) is 0 Å². The molecule has 0 aromatic heterocycles. The van der Waals surface area contributed by atoms with Crippen molar-refractivity contribution in [3.05, 3.63) is 34.9 Å². The van der Waals surface area contributed by atoms with E-state index in [9.17, 15) is 8.78 Å². The Hall–Kier alpha value is -0.920. The molecule has 0 amide bonds. The van der Waals surface area contributed by atoms with Gasteiger partial charge in [0.15, 0.2) is 0 Å². The maximum Gasteiger partial charge on any atom is 0.278 e. The highest BCUT2D eigenvalue weighted by Gasteiger charge is 2.45. The highest BCUT2D eigenvalue weighted by molar-refractivity contribution is 5.36. The number of aryl methyl sites for hydroxylation is 1. The average molecular weight is 212 g/mol. The van der Waals surface area contributed by atoms with Crippen LogP contribution in [0.4, 0.5) is 8.78 Å². The van der Waals surface area contributed by atoms with Gasteiger partial charge in [0, 0.05) is 11.0 Å². The normalized spacial score (nSPS) is 13.0. The third-order valence-electron chi connectivity index (χ3n) is 2.88. The van der Waals surface area contributed by atoms with Crippen LogP contribution in [-0.2, 0) is 5.92 Å². The fourth-order valence-electron chi connectivity index (χ4n) is 1.50. The number of halogens is 2. The van der Waals surface area contributed by atoms with Crippen molar-refractivity contribution >= 4 is 0 Å². The van der Waals surface area contributed by atoms with E-state index in [1.165, 1.54) is 6.07 Å². The lowest BCUT2D eigenvalue weighted by molar-refractivity contribution is -0.104. The van der Waals surface area contributed by atoms with E-state index in [1.807, 2.05) is 13.0 Å². The minimum absolute atomic E-state index is 0.148. The van der Waals surface area contributed by atoms with Crippen LogP contribution in [0.2, 0.25) is 0 Å². The van der Waals surface area contributed by atoms with Gasteiger partial charge in [-0.3, -0.25) is 0 Å². The lowest BCUT2D eigenvalue weighted by atomic mass is 9.81. The fourth-order valence-corrected chi connectivity index (χ4v) is 1.50. The summed E-state index contributed by atoms with van der Waals surface area (Å²) >= 11 is 0. The largest absolute Gasteiger partial charge is 0.278 e. The van der Waals surface area contributed by atoms with Gasteiger partial charge in [-0.25, -0.2) is 8.78 Å². The summed E-state index contributed by atoms with van der Waals surface area (Å²) in [5.41, 5.74) is 0.704. The molecule has 0 N–H and O–H groups in total. The van der Waals surface area contributed by atoms with E-state index >= 15 is 0 Å². The van der Waals surface area contributed by atoms with Crippen molar-refractivity contribution in [1.82, 2.24) is 0 Å². The molecule has 0 radical (unpaired) electrons. The standard InChI is InChI=1S/C13H18F2/c1-9-7-6-8-11(10(9)2)13(14,15)12(3,4)5/h6-8H,1-5H3. The second kappa shape index (κ2) is 3.58. The van der Waals surface area contributed by atoms with Crippen molar-refractivity contribution in [1.29, 1.82) is 0 Å². The molecular weight excluding hydrogens is 194 g/mol. The van der Waals surface area contributed by atoms with E-state index in [-0.39, 0.29) is 5.56 Å². The Labute approximate surface area is 90.3 Å². The van der Waals surface area contributed by atoms with Crippen molar-refractivity contribution < 1.29 is 8.78 Å². The Morgan fingerprint density at radius 1 is 1.00 bits per heavy atom. The first-order chi connectivity index (χ1) is 6.68. The maximum atomic E-state index is 14.1. The van der Waals surface area contributed by atoms with Gasteiger partial charge in [0.25, 0.3) is 5.92 Å². The number of hydrogen-bond acceptors (Lipinski definition) is 0. The first-order valence-electron chi connectivity index (χ1n) is 5.12. The molecule has 0 aliphatic carbocycles. The van der Waals surface area contributed by atoms with Crippen LogP contribution in [0.5, 0.6) is 0 Å². The van der Waals surface area contributed by atoms with Crippen LogP contribution >= 0.6 is 0 Å². The monoisotopic (exact) mass is 212 g/mol. The van der Waals surface area contributed by atoms with E-state index < -0.39 is 11.3 Å². The summed E-state index contributed by atoms with van der Waals surface area (Å²) in [7, 11) is 0. The van der Waals surface area contributed by atoms with Crippen LogP contribution in [0, 0.1) is 19.3 Å². The second-order valence-electron chi connectivity index (χ2n) is 5.07. The number of hydrogen-bond donors (Lipinski definition) is 0. The summed E-state index contributed by atoms with van der Waals surface area (Å²) in [4.78, 5) is 0. The van der Waals surface area contributed by atoms with Gasteiger partial charge in [0.1, 0.15) is 0 Å². The van der Waals surface area contributed by atoms with E-state index in [4.69, 9.17) is 0 Å². The van der Waals surface area contributed by atoms with Gasteiger partial charge >= 0.3 is 0 Å². The quantitative estimate of drug-likeness (QED) is 0.645. The van der Waals surface area contributed by atoms with Gasteiger partial charge in [0.2, 0.25) is 0 Å². The van der Waals surface area contributed by atoms with E-state index in [1.54, 1.807) is 33.8 Å². The van der Waals surface area contributed by atoms with Crippen molar-refractivity contribution in [2.24, 2.45) is 5.41 Å². The first-order valence-corrected chi connectivity index (χ1v) is 5.12. The zero-order chi connectivity index (χ0) is 11.9. The van der Waals surface area contributed by atoms with Gasteiger partial charge in [-0.05, 0) is 25.0 Å². The predicted molar refractivity (Wildman–Crippen MR) is 59.3 cm³/mol. The molecule has 1 aromatic carbocycles. The molecule has 84 valence electrons. The molecule has 0 atom stereocenters. The Balaban J connectivity index is 3.34. The Morgan fingerprint density at radius 2 is 1.53 bits per heavy atom. The smallest absolute Gasteiger partial charge is 0.201 e. The molecule has 0 heterocycles. The fraction of sp³-hybridized carbons (Fsp3) is 0.538. The topological polar surface area (TPSA) is 0 Å². The van der Waals surface area contributed by atoms with Crippen molar-refractivity contribution in [2.75, 3.05) is 0 Å². The molecule has 0 spiro atoms. The zero-order valence-electron chi connectivity index (χ0n) is 9.99. The number of benzene rings is 1. The number of alkyl halides is 2. The van der Waals surface area contributed by atoms with E-state index in [2.05, 4.69) is 0 Å². The summed E-state index contributed by atoms with van der Waals surface area (Å²) in [6.07, 6.45) is 0. The molecule has 15 heavy (non-hydrogen) atoms. The average Bonchev–Trinajstić information content (AvgIpc) is 2.07. The molecule has 0 unspecified atom stereocenters. The molecule has 0 aliphatic heterocycles. The Morgan fingerprint density at radius 3 is 2.00 bits per heavy atom. The summed E-state index contributed by atoms with van der Waals surface area (Å²) in [5, 5.41) is 0. The number of rotatable bonds is 1. The maximum absolute atomic E-state index is 14.1.